The van der Waals surface area contributed by atoms with Crippen molar-refractivity contribution in [2.24, 2.45) is 0 Å². The second-order valence-electron chi connectivity index (χ2n) is 3.74. The number of halogens is 2. The Labute approximate surface area is 113 Å². The summed E-state index contributed by atoms with van der Waals surface area (Å²) >= 11 is 12.0. The molecule has 0 amide bonds. The summed E-state index contributed by atoms with van der Waals surface area (Å²) in [5.74, 6) is -1.46. The molecule has 2 aromatic rings. The van der Waals surface area contributed by atoms with E-state index in [0.29, 0.717) is 0 Å². The molecule has 7 heteroatoms. The van der Waals surface area contributed by atoms with Gasteiger partial charge >= 0.3 is 0 Å². The van der Waals surface area contributed by atoms with Crippen molar-refractivity contribution in [3.8, 4) is 5.69 Å². The standard InChI is InChI=1S/C11H9Cl2N3O2/c1-5-3-6(2)16(15-5)10-7(12)4-14-9(8(10)13)11(17)18/h3-4H,1-2H3,(H,17,18)/p-1. The van der Waals surface area contributed by atoms with E-state index in [1.165, 1.54) is 10.9 Å². The second kappa shape index (κ2) is 4.59. The Morgan fingerprint density at radius 2 is 2.06 bits per heavy atom. The molecule has 2 aromatic heterocycles. The van der Waals surface area contributed by atoms with Crippen molar-refractivity contribution >= 4 is 29.2 Å². The lowest BCUT2D eigenvalue weighted by atomic mass is 10.3. The van der Waals surface area contributed by atoms with Gasteiger partial charge < -0.3 is 9.90 Å². The van der Waals surface area contributed by atoms with Gasteiger partial charge in [0.2, 0.25) is 0 Å². The lowest BCUT2D eigenvalue weighted by molar-refractivity contribution is -0.255. The van der Waals surface area contributed by atoms with E-state index in [4.69, 9.17) is 23.2 Å². The largest absolute Gasteiger partial charge is 0.543 e. The Morgan fingerprint density at radius 3 is 2.56 bits per heavy atom. The number of nitrogens with zero attached hydrogens (tertiary/aromatic N) is 3. The Kier molecular flexibility index (Phi) is 3.28. The molecule has 0 saturated carbocycles. The molecule has 0 saturated heterocycles. The molecule has 0 radical (unpaired) electrons. The number of aryl methyl sites for hydroxylation is 2. The van der Waals surface area contributed by atoms with Gasteiger partial charge in [-0.2, -0.15) is 5.10 Å². The smallest absolute Gasteiger partial charge is 0.107 e. The van der Waals surface area contributed by atoms with Crippen LogP contribution in [0.4, 0.5) is 0 Å². The molecule has 0 aromatic carbocycles. The quantitative estimate of drug-likeness (QED) is 0.839. The Bertz CT molecular complexity index is 637. The number of hydrogen-bond donors (Lipinski definition) is 0. The summed E-state index contributed by atoms with van der Waals surface area (Å²) in [6.07, 6.45) is 1.21. The molecule has 0 fully saturated rings. The zero-order chi connectivity index (χ0) is 13.4. The molecule has 2 rings (SSSR count). The lowest BCUT2D eigenvalue weighted by Crippen LogP contribution is -2.24. The molecule has 2 heterocycles. The van der Waals surface area contributed by atoms with Crippen LogP contribution >= 0.6 is 23.2 Å². The fourth-order valence-electron chi connectivity index (χ4n) is 1.65. The van der Waals surface area contributed by atoms with Crippen molar-refractivity contribution < 1.29 is 9.90 Å². The first-order valence-electron chi connectivity index (χ1n) is 5.00. The summed E-state index contributed by atoms with van der Waals surface area (Å²) in [4.78, 5) is 14.5. The molecule has 94 valence electrons. The average molecular weight is 285 g/mol. The first-order chi connectivity index (χ1) is 8.41. The first-order valence-corrected chi connectivity index (χ1v) is 5.76. The maximum atomic E-state index is 10.9. The van der Waals surface area contributed by atoms with Crippen LogP contribution in [-0.4, -0.2) is 20.7 Å². The molecule has 0 bridgehead atoms. The monoisotopic (exact) mass is 284 g/mol. The fourth-order valence-corrected chi connectivity index (χ4v) is 2.23. The van der Waals surface area contributed by atoms with E-state index in [2.05, 4.69) is 10.1 Å². The van der Waals surface area contributed by atoms with Gasteiger partial charge in [0.25, 0.3) is 0 Å². The number of rotatable bonds is 2. The van der Waals surface area contributed by atoms with Crippen molar-refractivity contribution in [1.29, 1.82) is 0 Å². The molecule has 0 N–H and O–H groups in total. The normalized spacial score (nSPS) is 10.7. The van der Waals surface area contributed by atoms with Crippen LogP contribution in [0.25, 0.3) is 5.69 Å². The molecule has 0 aliphatic heterocycles. The van der Waals surface area contributed by atoms with Gasteiger partial charge in [-0.05, 0) is 19.9 Å². The van der Waals surface area contributed by atoms with Gasteiger partial charge in [-0.25, -0.2) is 4.68 Å². The maximum Gasteiger partial charge on any atom is 0.107 e. The van der Waals surface area contributed by atoms with Crippen LogP contribution in [0.3, 0.4) is 0 Å². The van der Waals surface area contributed by atoms with E-state index < -0.39 is 5.97 Å². The van der Waals surface area contributed by atoms with Gasteiger partial charge in [0.1, 0.15) is 11.4 Å². The minimum atomic E-state index is -1.46. The number of carboxylic acid groups (broad SMARTS) is 1. The lowest BCUT2D eigenvalue weighted by Gasteiger charge is -2.12. The van der Waals surface area contributed by atoms with Crippen molar-refractivity contribution in [2.75, 3.05) is 0 Å². The van der Waals surface area contributed by atoms with Crippen molar-refractivity contribution in [3.05, 3.63) is 39.4 Å². The highest BCUT2D eigenvalue weighted by molar-refractivity contribution is 6.39. The molecule has 0 atom stereocenters. The third-order valence-electron chi connectivity index (χ3n) is 2.36. The van der Waals surface area contributed by atoms with Crippen LogP contribution in [0.15, 0.2) is 12.3 Å². The number of pyridine rings is 1. The Hall–Kier alpha value is -1.59. The van der Waals surface area contributed by atoms with Crippen molar-refractivity contribution in [2.45, 2.75) is 13.8 Å². The van der Waals surface area contributed by atoms with Crippen LogP contribution in [-0.2, 0) is 0 Å². The number of hydrogen-bond acceptors (Lipinski definition) is 4. The summed E-state index contributed by atoms with van der Waals surface area (Å²) in [6, 6.07) is 1.83. The topological polar surface area (TPSA) is 70.8 Å². The van der Waals surface area contributed by atoms with Crippen LogP contribution < -0.4 is 5.11 Å². The minimum absolute atomic E-state index is 0.0892. The molecule has 0 aliphatic rings. The third kappa shape index (κ3) is 2.07. The van der Waals surface area contributed by atoms with E-state index in [9.17, 15) is 9.90 Å². The zero-order valence-corrected chi connectivity index (χ0v) is 11.1. The molecular weight excluding hydrogens is 277 g/mol. The van der Waals surface area contributed by atoms with E-state index in [-0.39, 0.29) is 21.4 Å². The summed E-state index contributed by atoms with van der Waals surface area (Å²) in [5, 5.41) is 15.2. The highest BCUT2D eigenvalue weighted by atomic mass is 35.5. The van der Waals surface area contributed by atoms with Crippen LogP contribution in [0.1, 0.15) is 21.9 Å². The number of carboxylic acids is 1. The number of aromatic nitrogens is 3. The number of carbonyl (C=O) groups excluding carboxylic acids is 1. The van der Waals surface area contributed by atoms with Crippen LogP contribution in [0.2, 0.25) is 10.0 Å². The van der Waals surface area contributed by atoms with Gasteiger partial charge in [-0.1, -0.05) is 23.2 Å². The summed E-state index contributed by atoms with van der Waals surface area (Å²) in [7, 11) is 0. The highest BCUT2D eigenvalue weighted by Gasteiger charge is 2.17. The predicted octanol–water partition coefficient (Wildman–Crippen LogP) is 1.55. The van der Waals surface area contributed by atoms with Crippen LogP contribution in [0, 0.1) is 13.8 Å². The third-order valence-corrected chi connectivity index (χ3v) is 3.00. The molecule has 0 unspecified atom stereocenters. The second-order valence-corrected chi connectivity index (χ2v) is 4.53. The maximum absolute atomic E-state index is 10.9. The van der Waals surface area contributed by atoms with Crippen molar-refractivity contribution in [3.63, 3.8) is 0 Å². The van der Waals surface area contributed by atoms with E-state index in [1.54, 1.807) is 0 Å². The van der Waals surface area contributed by atoms with Gasteiger partial charge in [0, 0.05) is 11.9 Å². The molecular formula is C11H8Cl2N3O2-. The summed E-state index contributed by atoms with van der Waals surface area (Å²) in [6.45, 7) is 3.62. The minimum Gasteiger partial charge on any atom is -0.543 e. The van der Waals surface area contributed by atoms with Crippen LogP contribution in [0.5, 0.6) is 0 Å². The fraction of sp³-hybridized carbons (Fsp3) is 0.182. The van der Waals surface area contributed by atoms with Gasteiger partial charge in [-0.15, -0.1) is 0 Å². The highest BCUT2D eigenvalue weighted by Crippen LogP contribution is 2.30. The Morgan fingerprint density at radius 1 is 1.39 bits per heavy atom. The van der Waals surface area contributed by atoms with E-state index in [0.717, 1.165) is 11.4 Å². The van der Waals surface area contributed by atoms with Gasteiger partial charge in [0.15, 0.2) is 0 Å². The van der Waals surface area contributed by atoms with Crippen molar-refractivity contribution in [1.82, 2.24) is 14.8 Å². The average Bonchev–Trinajstić information content (AvgIpc) is 2.57. The predicted molar refractivity (Wildman–Crippen MR) is 65.2 cm³/mol. The number of aromatic carboxylic acids is 1. The number of carbonyl (C=O) groups is 1. The molecule has 18 heavy (non-hydrogen) atoms. The SMILES string of the molecule is Cc1cc(C)n(-c2c(Cl)cnc(C(=O)[O-])c2Cl)n1. The van der Waals surface area contributed by atoms with E-state index in [1.807, 2.05) is 19.9 Å². The zero-order valence-electron chi connectivity index (χ0n) is 9.57. The summed E-state index contributed by atoms with van der Waals surface area (Å²) < 4.78 is 1.48. The first kappa shape index (κ1) is 12.9. The molecule has 5 nitrogen and oxygen atoms in total. The van der Waals surface area contributed by atoms with E-state index >= 15 is 0 Å². The van der Waals surface area contributed by atoms with Gasteiger partial charge in [-0.3, -0.25) is 4.98 Å². The Balaban J connectivity index is 2.74. The summed E-state index contributed by atoms with van der Waals surface area (Å²) in [5.41, 5.74) is 1.49. The van der Waals surface area contributed by atoms with Gasteiger partial charge in [0.05, 0.1) is 21.7 Å². The molecule has 0 spiro atoms. The molecule has 0 aliphatic carbocycles.